The maximum atomic E-state index is 5.31. The molecule has 1 heteroatoms. The molecular weight excluding hydrogens is 292 g/mol. The monoisotopic (exact) mass is 313 g/mol. The highest BCUT2D eigenvalue weighted by Gasteiger charge is 2.46. The van der Waals surface area contributed by atoms with Gasteiger partial charge < -0.3 is 4.74 Å². The van der Waals surface area contributed by atoms with Gasteiger partial charge in [0.1, 0.15) is 5.75 Å². The highest BCUT2D eigenvalue weighted by atomic mass is 16.5. The third kappa shape index (κ3) is 2.12. The fourth-order valence-corrected chi connectivity index (χ4v) is 3.84. The summed E-state index contributed by atoms with van der Waals surface area (Å²) in [7, 11) is 1.71. The van der Waals surface area contributed by atoms with Gasteiger partial charge in [-0.05, 0) is 67.9 Å². The molecule has 0 aliphatic heterocycles. The molecule has 24 heavy (non-hydrogen) atoms. The number of ether oxygens (including phenoxy) is 1. The maximum absolute atomic E-state index is 5.31. The summed E-state index contributed by atoms with van der Waals surface area (Å²) in [6, 6.07) is 25.9. The molecule has 0 saturated carbocycles. The number of fused-ring (bicyclic) bond motifs is 3. The second-order valence-corrected chi connectivity index (χ2v) is 6.82. The van der Waals surface area contributed by atoms with Crippen LogP contribution in [-0.4, -0.2) is 7.11 Å². The molecule has 0 fully saturated rings. The minimum Gasteiger partial charge on any atom is -0.497 e. The summed E-state index contributed by atoms with van der Waals surface area (Å²) >= 11 is 0. The smallest absolute Gasteiger partial charge is 0.118 e. The Bertz CT molecular complexity index is 829. The van der Waals surface area contributed by atoms with Gasteiger partial charge in [-0.25, -0.2) is 0 Å². The van der Waals surface area contributed by atoms with Crippen LogP contribution in [0.4, 0.5) is 0 Å². The summed E-state index contributed by atoms with van der Waals surface area (Å²) in [5.41, 5.74) is 6.58. The van der Waals surface area contributed by atoms with Gasteiger partial charge in [0.15, 0.2) is 0 Å². The molecule has 0 atom stereocenters. The van der Waals surface area contributed by atoms with Crippen LogP contribution >= 0.6 is 0 Å². The topological polar surface area (TPSA) is 9.23 Å². The lowest BCUT2D eigenvalue weighted by Gasteiger charge is -2.30. The van der Waals surface area contributed by atoms with Gasteiger partial charge in [-0.15, -0.1) is 0 Å². The lowest BCUT2D eigenvalue weighted by Crippen LogP contribution is -2.27. The van der Waals surface area contributed by atoms with Crippen molar-refractivity contribution in [2.75, 3.05) is 7.11 Å². The molecule has 0 amide bonds. The van der Waals surface area contributed by atoms with Crippen molar-refractivity contribution in [3.63, 3.8) is 0 Å². The number of methoxy groups -OCH3 is 1. The van der Waals surface area contributed by atoms with Gasteiger partial charge in [-0.1, -0.05) is 12.1 Å². The number of hydrogen-bond donors (Lipinski definition) is 0. The molecule has 1 aliphatic rings. The Morgan fingerprint density at radius 2 is 1.21 bits per heavy atom. The van der Waals surface area contributed by atoms with Crippen LogP contribution < -0.4 is 4.74 Å². The Hall–Kier alpha value is -2.67. The molecule has 1 nitrogen and oxygen atoms in total. The normalized spacial score (nSPS) is 12.7. The molecule has 3 aromatic rings. The first-order chi connectivity index (χ1) is 11.6. The van der Waals surface area contributed by atoms with Gasteiger partial charge in [0, 0.05) is 17.5 Å². The fourth-order valence-electron chi connectivity index (χ4n) is 3.84. The standard InChI is InChI=1S/C23H21O/c1-23(2,16-12-14-17(24-3)15-13-16)22-20-10-6-4-8-18(20)19-9-5-7-11-21(19)22/h4-15H,1-3H3/q+1. The van der Waals surface area contributed by atoms with Gasteiger partial charge in [-0.3, -0.25) is 0 Å². The molecule has 0 saturated heterocycles. The number of hydrogen-bond acceptors (Lipinski definition) is 1. The van der Waals surface area contributed by atoms with Crippen molar-refractivity contribution in [2.45, 2.75) is 19.3 Å². The molecular formula is C23H21O+. The zero-order valence-corrected chi connectivity index (χ0v) is 14.3. The van der Waals surface area contributed by atoms with E-state index in [1.807, 2.05) is 12.1 Å². The molecule has 3 aromatic carbocycles. The van der Waals surface area contributed by atoms with E-state index in [9.17, 15) is 0 Å². The van der Waals surface area contributed by atoms with E-state index >= 15 is 0 Å². The van der Waals surface area contributed by atoms with Crippen molar-refractivity contribution >= 4 is 0 Å². The number of benzene rings is 3. The van der Waals surface area contributed by atoms with Crippen LogP contribution in [0.5, 0.6) is 5.75 Å². The Balaban J connectivity index is 1.88. The Morgan fingerprint density at radius 1 is 0.708 bits per heavy atom. The SMILES string of the molecule is COc1ccc(C(C)(C)[C+]2c3ccccc3-c3ccccc32)cc1. The van der Waals surface area contributed by atoms with Crippen LogP contribution in [0.25, 0.3) is 11.1 Å². The van der Waals surface area contributed by atoms with E-state index in [-0.39, 0.29) is 5.41 Å². The fraction of sp³-hybridized carbons (Fsp3) is 0.174. The average molecular weight is 313 g/mol. The molecule has 0 N–H and O–H groups in total. The van der Waals surface area contributed by atoms with Crippen molar-refractivity contribution in [1.82, 2.24) is 0 Å². The van der Waals surface area contributed by atoms with Crippen LogP contribution in [0.15, 0.2) is 72.8 Å². The quantitative estimate of drug-likeness (QED) is 0.570. The Kier molecular flexibility index (Phi) is 3.38. The lowest BCUT2D eigenvalue weighted by molar-refractivity contribution is 0.414. The van der Waals surface area contributed by atoms with Crippen LogP contribution in [-0.2, 0) is 5.41 Å². The van der Waals surface area contributed by atoms with E-state index < -0.39 is 0 Å². The van der Waals surface area contributed by atoms with Crippen molar-refractivity contribution in [2.24, 2.45) is 0 Å². The third-order valence-electron chi connectivity index (χ3n) is 5.12. The van der Waals surface area contributed by atoms with Gasteiger partial charge >= 0.3 is 0 Å². The second-order valence-electron chi connectivity index (χ2n) is 6.82. The minimum absolute atomic E-state index is 0.0883. The molecule has 0 spiro atoms. The predicted octanol–water partition coefficient (Wildman–Crippen LogP) is 5.62. The zero-order chi connectivity index (χ0) is 16.7. The van der Waals surface area contributed by atoms with Crippen LogP contribution in [0, 0.1) is 5.92 Å². The Morgan fingerprint density at radius 3 is 1.71 bits per heavy atom. The van der Waals surface area contributed by atoms with Gasteiger partial charge in [0.05, 0.1) is 35.3 Å². The summed E-state index contributed by atoms with van der Waals surface area (Å²) in [4.78, 5) is 0. The van der Waals surface area contributed by atoms with Crippen LogP contribution in [0.3, 0.4) is 0 Å². The van der Waals surface area contributed by atoms with Gasteiger partial charge in [-0.2, -0.15) is 0 Å². The first-order valence-electron chi connectivity index (χ1n) is 8.34. The molecule has 0 heterocycles. The van der Waals surface area contributed by atoms with E-state index in [0.717, 1.165) is 5.75 Å². The largest absolute Gasteiger partial charge is 0.497 e. The Labute approximate surface area is 143 Å². The molecule has 118 valence electrons. The molecule has 0 bridgehead atoms. The van der Waals surface area contributed by atoms with Crippen LogP contribution in [0.2, 0.25) is 0 Å². The summed E-state index contributed by atoms with van der Waals surface area (Å²) in [6.45, 7) is 4.62. The van der Waals surface area contributed by atoms with E-state index in [2.05, 4.69) is 74.5 Å². The summed E-state index contributed by atoms with van der Waals surface area (Å²) in [6.07, 6.45) is 0. The van der Waals surface area contributed by atoms with E-state index in [4.69, 9.17) is 4.74 Å². The first kappa shape index (κ1) is 14.9. The van der Waals surface area contributed by atoms with Gasteiger partial charge in [0.25, 0.3) is 0 Å². The van der Waals surface area contributed by atoms with Crippen molar-refractivity contribution < 1.29 is 4.74 Å². The molecule has 0 radical (unpaired) electrons. The van der Waals surface area contributed by atoms with Crippen LogP contribution in [0.1, 0.15) is 30.5 Å². The second kappa shape index (κ2) is 5.45. The van der Waals surface area contributed by atoms with Crippen molar-refractivity contribution in [1.29, 1.82) is 0 Å². The average Bonchev–Trinajstić information content (AvgIpc) is 2.97. The number of rotatable bonds is 3. The molecule has 0 aromatic heterocycles. The first-order valence-corrected chi connectivity index (χ1v) is 8.34. The highest BCUT2D eigenvalue weighted by molar-refractivity contribution is 5.85. The minimum atomic E-state index is -0.0883. The van der Waals surface area contributed by atoms with E-state index in [0.29, 0.717) is 0 Å². The summed E-state index contributed by atoms with van der Waals surface area (Å²) in [5.74, 6) is 2.30. The summed E-state index contributed by atoms with van der Waals surface area (Å²) in [5, 5.41) is 0. The lowest BCUT2D eigenvalue weighted by atomic mass is 9.69. The maximum Gasteiger partial charge on any atom is 0.118 e. The summed E-state index contributed by atoms with van der Waals surface area (Å²) < 4.78 is 5.31. The van der Waals surface area contributed by atoms with Crippen molar-refractivity contribution in [3.8, 4) is 16.9 Å². The third-order valence-corrected chi connectivity index (χ3v) is 5.12. The predicted molar refractivity (Wildman–Crippen MR) is 99.3 cm³/mol. The molecule has 1 aliphatic carbocycles. The van der Waals surface area contributed by atoms with Crippen molar-refractivity contribution in [3.05, 3.63) is 95.4 Å². The molecule has 0 unspecified atom stereocenters. The van der Waals surface area contributed by atoms with Gasteiger partial charge in [0.2, 0.25) is 0 Å². The highest BCUT2D eigenvalue weighted by Crippen LogP contribution is 2.52. The molecule has 4 rings (SSSR count). The zero-order valence-electron chi connectivity index (χ0n) is 14.3. The van der Waals surface area contributed by atoms with E-state index in [1.165, 1.54) is 33.7 Å². The van der Waals surface area contributed by atoms with E-state index in [1.54, 1.807) is 7.11 Å².